The summed E-state index contributed by atoms with van der Waals surface area (Å²) in [5.74, 6) is -5.29. The van der Waals surface area contributed by atoms with Crippen LogP contribution < -0.4 is 27.4 Å². The molecule has 18 heteroatoms. The first-order valence-corrected chi connectivity index (χ1v) is 19.0. The number of hydrogen-bond acceptors (Lipinski definition) is 14. The van der Waals surface area contributed by atoms with Gasteiger partial charge in [-0.25, -0.2) is 0 Å². The summed E-state index contributed by atoms with van der Waals surface area (Å²) in [5.41, 5.74) is 11.3. The van der Waals surface area contributed by atoms with Gasteiger partial charge in [0.2, 0.25) is 17.7 Å². The highest BCUT2D eigenvalue weighted by Crippen LogP contribution is 2.24. The lowest BCUT2D eigenvalue weighted by molar-refractivity contribution is -0.165. The maximum atomic E-state index is 14.9. The third-order valence-corrected chi connectivity index (χ3v) is 10.3. The van der Waals surface area contributed by atoms with Crippen LogP contribution in [-0.4, -0.2) is 168 Å². The lowest BCUT2D eigenvalue weighted by atomic mass is 9.93. The number of rotatable bonds is 23. The molecule has 7 N–H and O–H groups in total. The Morgan fingerprint density at radius 2 is 1.47 bits per heavy atom. The van der Waals surface area contributed by atoms with Gasteiger partial charge in [0.05, 0.1) is 24.2 Å². The average molecular weight is 778 g/mol. The summed E-state index contributed by atoms with van der Waals surface area (Å²) in [5, 5.41) is 8.85. The van der Waals surface area contributed by atoms with Crippen molar-refractivity contribution in [3.05, 3.63) is 0 Å². The van der Waals surface area contributed by atoms with Gasteiger partial charge in [-0.05, 0) is 66.1 Å². The zero-order valence-corrected chi connectivity index (χ0v) is 33.8. The summed E-state index contributed by atoms with van der Waals surface area (Å²) in [6.45, 7) is 9.96. The standard InChI is InChI=1S/C37H63N9O9/c1-20(2)16-24(19-47)42-34(46-13-12-43(9)31(36(46)54)33(52)26(41-8)17-21(3)4)37(55)44-14-15-45(35(53)27(44)18-28(49)22(5)40-7)30(23(6)48)32(51)25(38)10-11-29(39)50/h19-22,24-27,30-31,34,40-42H,10-18,38H2,1-9H3,(H2,39,50)/t22-,24-,25-,26-,27?,30?,31-,34?/m0/s1. The van der Waals surface area contributed by atoms with Crippen molar-refractivity contribution in [3.8, 4) is 0 Å². The van der Waals surface area contributed by atoms with E-state index in [0.29, 0.717) is 19.1 Å². The molecule has 0 aliphatic carbocycles. The monoisotopic (exact) mass is 777 g/mol. The first-order valence-electron chi connectivity index (χ1n) is 19.0. The van der Waals surface area contributed by atoms with Crippen molar-refractivity contribution in [1.29, 1.82) is 0 Å². The maximum absolute atomic E-state index is 14.9. The number of Topliss-reactive ketones (excluding diaryl/α,β-unsaturated/α-hetero) is 4. The van der Waals surface area contributed by atoms with Crippen molar-refractivity contribution in [2.24, 2.45) is 23.3 Å². The van der Waals surface area contributed by atoms with Crippen LogP contribution in [0.15, 0.2) is 0 Å². The molecule has 18 nitrogen and oxygen atoms in total. The van der Waals surface area contributed by atoms with Crippen LogP contribution >= 0.6 is 0 Å². The van der Waals surface area contributed by atoms with Crippen molar-refractivity contribution in [2.75, 3.05) is 47.3 Å². The number of ketones is 4. The summed E-state index contributed by atoms with van der Waals surface area (Å²) in [6, 6.07) is -8.06. The molecule has 0 spiro atoms. The van der Waals surface area contributed by atoms with Crippen LogP contribution in [0.1, 0.15) is 73.6 Å². The Labute approximate surface area is 324 Å². The predicted octanol–water partition coefficient (Wildman–Crippen LogP) is -2.41. The van der Waals surface area contributed by atoms with E-state index in [0.717, 1.165) is 16.7 Å². The number of likely N-dealkylation sites (N-methyl/N-ethyl adjacent to an activating group) is 3. The average Bonchev–Trinajstić information content (AvgIpc) is 3.11. The molecule has 0 aromatic carbocycles. The van der Waals surface area contributed by atoms with E-state index in [1.165, 1.54) is 4.90 Å². The lowest BCUT2D eigenvalue weighted by Gasteiger charge is -2.47. The maximum Gasteiger partial charge on any atom is 0.261 e. The number of nitrogens with one attached hydrogen (secondary N) is 3. The molecule has 55 heavy (non-hydrogen) atoms. The molecule has 2 heterocycles. The van der Waals surface area contributed by atoms with Crippen LogP contribution in [0, 0.1) is 11.8 Å². The van der Waals surface area contributed by atoms with Crippen molar-refractivity contribution >= 4 is 53.0 Å². The van der Waals surface area contributed by atoms with Gasteiger partial charge in [0, 0.05) is 39.0 Å². The van der Waals surface area contributed by atoms with Gasteiger partial charge in [-0.1, -0.05) is 27.7 Å². The smallest absolute Gasteiger partial charge is 0.261 e. The summed E-state index contributed by atoms with van der Waals surface area (Å²) < 4.78 is 0. The van der Waals surface area contributed by atoms with Crippen LogP contribution in [0.2, 0.25) is 0 Å². The SMILES string of the molecule is CN[C@@H](C)C(=O)CC1C(=O)N(C(C(C)=O)C(=O)[C@@H](N)CCC(N)=O)CCN1C(=O)C(N[C@H](C=O)CC(C)C)N1CCN(C)[C@@H](C(=O)[C@H](CC(C)C)NC)C1=O. The molecule has 2 aliphatic rings. The molecule has 0 aromatic heterocycles. The van der Waals surface area contributed by atoms with Crippen molar-refractivity contribution in [1.82, 2.24) is 35.6 Å². The zero-order valence-electron chi connectivity index (χ0n) is 33.8. The topological polar surface area (TPSA) is 255 Å². The van der Waals surface area contributed by atoms with Crippen molar-refractivity contribution < 1.29 is 43.2 Å². The van der Waals surface area contributed by atoms with Gasteiger partial charge in [-0.15, -0.1) is 0 Å². The van der Waals surface area contributed by atoms with Gasteiger partial charge in [0.25, 0.3) is 5.91 Å². The van der Waals surface area contributed by atoms with E-state index >= 15 is 0 Å². The fourth-order valence-electron chi connectivity index (χ4n) is 7.08. The number of nitrogens with zero attached hydrogens (tertiary/aromatic N) is 4. The van der Waals surface area contributed by atoms with Gasteiger partial charge in [0.1, 0.15) is 12.3 Å². The minimum absolute atomic E-state index is 0.00249. The Hall–Kier alpha value is -3.97. The molecule has 4 amide bonds. The summed E-state index contributed by atoms with van der Waals surface area (Å²) >= 11 is 0. The number of aldehydes is 1. The Bertz CT molecular complexity index is 1440. The van der Waals surface area contributed by atoms with Gasteiger partial charge in [-0.2, -0.15) is 0 Å². The number of amides is 4. The highest BCUT2D eigenvalue weighted by Gasteiger charge is 2.50. The Morgan fingerprint density at radius 3 is 1.98 bits per heavy atom. The predicted molar refractivity (Wildman–Crippen MR) is 203 cm³/mol. The van der Waals surface area contributed by atoms with Gasteiger partial charge < -0.3 is 41.6 Å². The van der Waals surface area contributed by atoms with Crippen molar-refractivity contribution in [3.63, 3.8) is 0 Å². The molecular weight excluding hydrogens is 714 g/mol. The number of piperazine rings is 2. The minimum atomic E-state index is -1.66. The number of hydrogen-bond donors (Lipinski definition) is 5. The Kier molecular flexibility index (Phi) is 18.3. The molecule has 0 bridgehead atoms. The summed E-state index contributed by atoms with van der Waals surface area (Å²) in [4.78, 5) is 126. The van der Waals surface area contributed by atoms with E-state index in [1.54, 1.807) is 33.0 Å². The zero-order chi connectivity index (χ0) is 41.9. The fourth-order valence-corrected chi connectivity index (χ4v) is 7.08. The largest absolute Gasteiger partial charge is 0.370 e. The molecule has 0 radical (unpaired) electrons. The molecule has 2 fully saturated rings. The second-order valence-electron chi connectivity index (χ2n) is 15.5. The van der Waals surface area contributed by atoms with E-state index in [1.807, 2.05) is 27.7 Å². The molecule has 2 rings (SSSR count). The number of nitrogens with two attached hydrogens (primary N) is 2. The molecule has 3 unspecified atom stereocenters. The quantitative estimate of drug-likeness (QED) is 0.0535. The third-order valence-electron chi connectivity index (χ3n) is 10.3. The number of primary amides is 1. The fraction of sp³-hybridized carbons (Fsp3) is 0.757. The first kappa shape index (κ1) is 47.2. The highest BCUT2D eigenvalue weighted by atomic mass is 16.2. The van der Waals surface area contributed by atoms with E-state index in [2.05, 4.69) is 16.0 Å². The molecule has 0 saturated carbocycles. The van der Waals surface area contributed by atoms with Crippen LogP contribution in [0.4, 0.5) is 0 Å². The molecule has 310 valence electrons. The van der Waals surface area contributed by atoms with Crippen LogP contribution in [0.5, 0.6) is 0 Å². The summed E-state index contributed by atoms with van der Waals surface area (Å²) in [6.07, 6.45) is -1.06. The van der Waals surface area contributed by atoms with Gasteiger partial charge in [0.15, 0.2) is 41.4 Å². The van der Waals surface area contributed by atoms with E-state index < -0.39 is 95.9 Å². The van der Waals surface area contributed by atoms with E-state index in [4.69, 9.17) is 11.5 Å². The van der Waals surface area contributed by atoms with E-state index in [9.17, 15) is 43.2 Å². The second kappa shape index (κ2) is 21.4. The molecule has 2 saturated heterocycles. The third kappa shape index (κ3) is 12.3. The van der Waals surface area contributed by atoms with E-state index in [-0.39, 0.29) is 56.6 Å². The molecular formula is C37H63N9O9. The van der Waals surface area contributed by atoms with Crippen LogP contribution in [-0.2, 0) is 43.2 Å². The first-order chi connectivity index (χ1) is 25.7. The molecule has 2 aliphatic heterocycles. The summed E-state index contributed by atoms with van der Waals surface area (Å²) in [7, 11) is 4.83. The van der Waals surface area contributed by atoms with Gasteiger partial charge in [-0.3, -0.25) is 48.6 Å². The molecule has 0 aromatic rings. The lowest BCUT2D eigenvalue weighted by Crippen LogP contribution is -2.72. The van der Waals surface area contributed by atoms with Crippen LogP contribution in [0.25, 0.3) is 0 Å². The van der Waals surface area contributed by atoms with Crippen molar-refractivity contribution in [2.45, 2.75) is 122 Å². The molecule has 8 atom stereocenters. The van der Waals surface area contributed by atoms with Crippen LogP contribution in [0.3, 0.4) is 0 Å². The highest BCUT2D eigenvalue weighted by molar-refractivity contribution is 6.11. The number of carbonyl (C=O) groups excluding carboxylic acids is 9. The second-order valence-corrected chi connectivity index (χ2v) is 15.5. The minimum Gasteiger partial charge on any atom is -0.370 e. The normalized spacial score (nSPS) is 21.6. The number of carbonyl (C=O) groups is 9. The van der Waals surface area contributed by atoms with Gasteiger partial charge >= 0.3 is 0 Å². The Balaban J connectivity index is 2.67. The Morgan fingerprint density at radius 1 is 0.873 bits per heavy atom.